The zero-order valence-electron chi connectivity index (χ0n) is 11.9. The number of aliphatic carboxylic acids is 1. The zero-order chi connectivity index (χ0) is 14.4. The third-order valence-corrected chi connectivity index (χ3v) is 3.52. The summed E-state index contributed by atoms with van der Waals surface area (Å²) < 4.78 is 5.71. The summed E-state index contributed by atoms with van der Waals surface area (Å²) >= 11 is 0. The van der Waals surface area contributed by atoms with Gasteiger partial charge in [-0.3, -0.25) is 14.6 Å². The highest BCUT2D eigenvalue weighted by Gasteiger charge is 2.18. The van der Waals surface area contributed by atoms with Crippen LogP contribution in [0.2, 0.25) is 0 Å². The van der Waals surface area contributed by atoms with Crippen LogP contribution in [0.15, 0.2) is 24.3 Å². The van der Waals surface area contributed by atoms with Gasteiger partial charge in [-0.05, 0) is 19.1 Å². The van der Waals surface area contributed by atoms with Gasteiger partial charge in [-0.15, -0.1) is 0 Å². The molecule has 0 atom stereocenters. The SMILES string of the molecule is Cc1ccc(OCCN2CCN(CC(=O)O)CC2)cc1. The van der Waals surface area contributed by atoms with Gasteiger partial charge in [-0.25, -0.2) is 0 Å². The molecule has 1 fully saturated rings. The Morgan fingerprint density at radius 3 is 2.35 bits per heavy atom. The van der Waals surface area contributed by atoms with Crippen LogP contribution in [-0.4, -0.2) is 66.8 Å². The molecule has 1 aliphatic heterocycles. The van der Waals surface area contributed by atoms with Gasteiger partial charge >= 0.3 is 5.97 Å². The fourth-order valence-electron chi connectivity index (χ4n) is 2.29. The Morgan fingerprint density at radius 2 is 1.75 bits per heavy atom. The molecule has 1 saturated heterocycles. The molecule has 5 heteroatoms. The van der Waals surface area contributed by atoms with E-state index in [0.717, 1.165) is 38.5 Å². The normalized spacial score (nSPS) is 17.1. The fourth-order valence-corrected chi connectivity index (χ4v) is 2.29. The average molecular weight is 278 g/mol. The Morgan fingerprint density at radius 1 is 1.15 bits per heavy atom. The molecule has 0 unspecified atom stereocenters. The number of piperazine rings is 1. The molecule has 0 radical (unpaired) electrons. The van der Waals surface area contributed by atoms with Gasteiger partial charge in [0.15, 0.2) is 0 Å². The second-order valence-electron chi connectivity index (χ2n) is 5.17. The van der Waals surface area contributed by atoms with E-state index in [0.29, 0.717) is 6.61 Å². The smallest absolute Gasteiger partial charge is 0.317 e. The summed E-state index contributed by atoms with van der Waals surface area (Å²) in [5, 5.41) is 8.74. The first-order chi connectivity index (χ1) is 9.63. The van der Waals surface area contributed by atoms with E-state index in [-0.39, 0.29) is 6.54 Å². The van der Waals surface area contributed by atoms with E-state index in [4.69, 9.17) is 9.84 Å². The van der Waals surface area contributed by atoms with Crippen LogP contribution in [0.1, 0.15) is 5.56 Å². The van der Waals surface area contributed by atoms with Crippen molar-refractivity contribution in [3.8, 4) is 5.75 Å². The molecule has 1 N–H and O–H groups in total. The van der Waals surface area contributed by atoms with Gasteiger partial charge in [0.2, 0.25) is 0 Å². The second kappa shape index (κ2) is 7.26. The van der Waals surface area contributed by atoms with Gasteiger partial charge in [0, 0.05) is 32.7 Å². The topological polar surface area (TPSA) is 53.0 Å². The molecule has 2 rings (SSSR count). The fraction of sp³-hybridized carbons (Fsp3) is 0.533. The lowest BCUT2D eigenvalue weighted by Crippen LogP contribution is -2.48. The largest absolute Gasteiger partial charge is 0.492 e. The molecule has 0 amide bonds. The molecule has 1 aromatic rings. The van der Waals surface area contributed by atoms with Gasteiger partial charge < -0.3 is 9.84 Å². The van der Waals surface area contributed by atoms with Gasteiger partial charge in [-0.1, -0.05) is 17.7 Å². The number of rotatable bonds is 6. The van der Waals surface area contributed by atoms with Crippen molar-refractivity contribution >= 4 is 5.97 Å². The Kier molecular flexibility index (Phi) is 5.38. The van der Waals surface area contributed by atoms with Gasteiger partial charge in [-0.2, -0.15) is 0 Å². The summed E-state index contributed by atoms with van der Waals surface area (Å²) in [6, 6.07) is 8.06. The highest BCUT2D eigenvalue weighted by molar-refractivity contribution is 5.69. The molecular formula is C15H22N2O3. The first kappa shape index (κ1) is 14.8. The molecule has 0 spiro atoms. The van der Waals surface area contributed by atoms with Crippen LogP contribution in [0.5, 0.6) is 5.75 Å². The number of benzene rings is 1. The van der Waals surface area contributed by atoms with Crippen LogP contribution in [0.3, 0.4) is 0 Å². The molecule has 0 bridgehead atoms. The maximum Gasteiger partial charge on any atom is 0.317 e. The van der Waals surface area contributed by atoms with Crippen molar-refractivity contribution in [1.29, 1.82) is 0 Å². The number of carboxylic acids is 1. The monoisotopic (exact) mass is 278 g/mol. The van der Waals surface area contributed by atoms with Crippen LogP contribution >= 0.6 is 0 Å². The zero-order valence-corrected chi connectivity index (χ0v) is 11.9. The molecule has 20 heavy (non-hydrogen) atoms. The average Bonchev–Trinajstić information content (AvgIpc) is 2.42. The third kappa shape index (κ3) is 4.83. The Labute approximate surface area is 119 Å². The first-order valence-corrected chi connectivity index (χ1v) is 6.99. The van der Waals surface area contributed by atoms with Crippen molar-refractivity contribution in [1.82, 2.24) is 9.80 Å². The highest BCUT2D eigenvalue weighted by atomic mass is 16.5. The number of ether oxygens (including phenoxy) is 1. The molecule has 0 saturated carbocycles. The molecule has 1 heterocycles. The maximum atomic E-state index is 10.6. The van der Waals surface area contributed by atoms with Crippen molar-refractivity contribution < 1.29 is 14.6 Å². The van der Waals surface area contributed by atoms with E-state index in [9.17, 15) is 4.79 Å². The molecule has 1 aliphatic rings. The van der Waals surface area contributed by atoms with E-state index < -0.39 is 5.97 Å². The van der Waals surface area contributed by atoms with E-state index in [1.165, 1.54) is 5.56 Å². The first-order valence-electron chi connectivity index (χ1n) is 6.99. The summed E-state index contributed by atoms with van der Waals surface area (Å²) in [5.41, 5.74) is 1.23. The second-order valence-corrected chi connectivity index (χ2v) is 5.17. The minimum atomic E-state index is -0.749. The number of nitrogens with zero attached hydrogens (tertiary/aromatic N) is 2. The maximum absolute atomic E-state index is 10.6. The van der Waals surface area contributed by atoms with Crippen molar-refractivity contribution in [2.24, 2.45) is 0 Å². The van der Waals surface area contributed by atoms with E-state index in [2.05, 4.69) is 11.8 Å². The number of hydrogen-bond donors (Lipinski definition) is 1. The number of aryl methyl sites for hydroxylation is 1. The predicted molar refractivity (Wildman–Crippen MR) is 77.2 cm³/mol. The standard InChI is InChI=1S/C15H22N2O3/c1-13-2-4-14(5-3-13)20-11-10-16-6-8-17(9-7-16)12-15(18)19/h2-5H,6-12H2,1H3,(H,18,19). The van der Waals surface area contributed by atoms with Crippen molar-refractivity contribution in [2.75, 3.05) is 45.9 Å². The molecule has 110 valence electrons. The molecule has 0 aliphatic carbocycles. The summed E-state index contributed by atoms with van der Waals surface area (Å²) in [6.45, 7) is 7.20. The molecule has 1 aromatic carbocycles. The van der Waals surface area contributed by atoms with E-state index >= 15 is 0 Å². The highest BCUT2D eigenvalue weighted by Crippen LogP contribution is 2.11. The van der Waals surface area contributed by atoms with Gasteiger partial charge in [0.1, 0.15) is 12.4 Å². The predicted octanol–water partition coefficient (Wildman–Crippen LogP) is 1.08. The van der Waals surface area contributed by atoms with Crippen LogP contribution in [0.4, 0.5) is 0 Å². The van der Waals surface area contributed by atoms with Crippen molar-refractivity contribution in [3.05, 3.63) is 29.8 Å². The van der Waals surface area contributed by atoms with Crippen LogP contribution in [0.25, 0.3) is 0 Å². The Balaban J connectivity index is 1.63. The van der Waals surface area contributed by atoms with Gasteiger partial charge in [0.25, 0.3) is 0 Å². The third-order valence-electron chi connectivity index (χ3n) is 3.52. The number of carbonyl (C=O) groups is 1. The lowest BCUT2D eigenvalue weighted by molar-refractivity contribution is -0.138. The number of carboxylic acid groups (broad SMARTS) is 1. The summed E-state index contributed by atoms with van der Waals surface area (Å²) in [6.07, 6.45) is 0. The lowest BCUT2D eigenvalue weighted by atomic mass is 10.2. The van der Waals surface area contributed by atoms with Gasteiger partial charge in [0.05, 0.1) is 6.54 Å². The summed E-state index contributed by atoms with van der Waals surface area (Å²) in [7, 11) is 0. The van der Waals surface area contributed by atoms with E-state index in [1.807, 2.05) is 29.2 Å². The molecule has 5 nitrogen and oxygen atoms in total. The lowest BCUT2D eigenvalue weighted by Gasteiger charge is -2.33. The molecular weight excluding hydrogens is 256 g/mol. The van der Waals surface area contributed by atoms with Crippen molar-refractivity contribution in [3.63, 3.8) is 0 Å². The summed E-state index contributed by atoms with van der Waals surface area (Å²) in [4.78, 5) is 14.9. The number of hydrogen-bond acceptors (Lipinski definition) is 4. The van der Waals surface area contributed by atoms with Crippen molar-refractivity contribution in [2.45, 2.75) is 6.92 Å². The molecule has 0 aromatic heterocycles. The summed E-state index contributed by atoms with van der Waals surface area (Å²) in [5.74, 6) is 0.154. The Bertz CT molecular complexity index is 425. The quantitative estimate of drug-likeness (QED) is 0.844. The van der Waals surface area contributed by atoms with Crippen LogP contribution < -0.4 is 4.74 Å². The van der Waals surface area contributed by atoms with Crippen LogP contribution in [0, 0.1) is 6.92 Å². The Hall–Kier alpha value is -1.59. The minimum absolute atomic E-state index is 0.147. The van der Waals surface area contributed by atoms with Crippen LogP contribution in [-0.2, 0) is 4.79 Å². The van der Waals surface area contributed by atoms with E-state index in [1.54, 1.807) is 0 Å². The minimum Gasteiger partial charge on any atom is -0.492 e.